The van der Waals surface area contributed by atoms with Crippen molar-refractivity contribution in [1.29, 1.82) is 0 Å². The molecule has 0 saturated heterocycles. The van der Waals surface area contributed by atoms with Crippen molar-refractivity contribution < 1.29 is 4.79 Å². The summed E-state index contributed by atoms with van der Waals surface area (Å²) in [6.07, 6.45) is 0.499. The number of benzene rings is 1. The maximum atomic E-state index is 11.7. The third kappa shape index (κ3) is 4.01. The minimum atomic E-state index is 0.0627. The summed E-state index contributed by atoms with van der Waals surface area (Å²) in [5.74, 6) is 0.0627. The molecular formula is C14H19N3OS. The lowest BCUT2D eigenvalue weighted by atomic mass is 10.2. The van der Waals surface area contributed by atoms with Gasteiger partial charge in [-0.3, -0.25) is 4.79 Å². The van der Waals surface area contributed by atoms with Gasteiger partial charge in [-0.2, -0.15) is 0 Å². The number of hydrogen-bond donors (Lipinski definition) is 2. The van der Waals surface area contributed by atoms with Gasteiger partial charge < -0.3 is 10.6 Å². The van der Waals surface area contributed by atoms with E-state index in [0.29, 0.717) is 13.0 Å². The number of carbonyl (C=O) groups is 1. The summed E-state index contributed by atoms with van der Waals surface area (Å²) in [7, 11) is 0. The van der Waals surface area contributed by atoms with Crippen molar-refractivity contribution in [3.63, 3.8) is 0 Å². The summed E-state index contributed by atoms with van der Waals surface area (Å²) in [5.41, 5.74) is 0.998. The smallest absolute Gasteiger partial charge is 0.221 e. The molecule has 19 heavy (non-hydrogen) atoms. The van der Waals surface area contributed by atoms with E-state index < -0.39 is 0 Å². The van der Waals surface area contributed by atoms with E-state index in [1.165, 1.54) is 0 Å². The Morgan fingerprint density at radius 1 is 1.42 bits per heavy atom. The molecule has 0 radical (unpaired) electrons. The molecule has 0 aliphatic rings. The molecule has 0 fully saturated rings. The van der Waals surface area contributed by atoms with E-state index >= 15 is 0 Å². The SMILES string of the molecule is CCNC(C)CC(=O)NCc1nc2ccccc2s1. The quantitative estimate of drug-likeness (QED) is 0.852. The highest BCUT2D eigenvalue weighted by Crippen LogP contribution is 2.21. The average Bonchev–Trinajstić information content (AvgIpc) is 2.79. The molecule has 0 bridgehead atoms. The first kappa shape index (κ1) is 14.0. The van der Waals surface area contributed by atoms with E-state index in [4.69, 9.17) is 0 Å². The molecule has 0 saturated carbocycles. The largest absolute Gasteiger partial charge is 0.350 e. The first-order valence-electron chi connectivity index (χ1n) is 6.53. The standard InChI is InChI=1S/C14H19N3OS/c1-3-15-10(2)8-13(18)16-9-14-17-11-6-4-5-7-12(11)19-14/h4-7,10,15H,3,8-9H2,1-2H3,(H,16,18). The zero-order chi connectivity index (χ0) is 13.7. The van der Waals surface area contributed by atoms with Gasteiger partial charge in [0.15, 0.2) is 0 Å². The molecule has 5 heteroatoms. The van der Waals surface area contributed by atoms with Gasteiger partial charge in [-0.15, -0.1) is 11.3 Å². The molecule has 1 unspecified atom stereocenters. The molecular weight excluding hydrogens is 258 g/mol. The lowest BCUT2D eigenvalue weighted by Gasteiger charge is -2.11. The molecule has 1 atom stereocenters. The van der Waals surface area contributed by atoms with E-state index in [0.717, 1.165) is 21.8 Å². The number of rotatable bonds is 6. The fourth-order valence-electron chi connectivity index (χ4n) is 1.94. The first-order chi connectivity index (χ1) is 9.19. The second kappa shape index (κ2) is 6.63. The number of hydrogen-bond acceptors (Lipinski definition) is 4. The Morgan fingerprint density at radius 2 is 2.21 bits per heavy atom. The summed E-state index contributed by atoms with van der Waals surface area (Å²) in [5, 5.41) is 7.09. The van der Waals surface area contributed by atoms with Crippen LogP contribution < -0.4 is 10.6 Å². The van der Waals surface area contributed by atoms with Crippen molar-refractivity contribution in [2.45, 2.75) is 32.9 Å². The topological polar surface area (TPSA) is 54.0 Å². The van der Waals surface area contributed by atoms with Gasteiger partial charge in [0.2, 0.25) is 5.91 Å². The third-order valence-corrected chi connectivity index (χ3v) is 3.86. The number of thiazole rings is 1. The van der Waals surface area contributed by atoms with Gasteiger partial charge in [0.25, 0.3) is 0 Å². The summed E-state index contributed by atoms with van der Waals surface area (Å²) < 4.78 is 1.16. The van der Waals surface area contributed by atoms with Crippen molar-refractivity contribution in [3.05, 3.63) is 29.3 Å². The Morgan fingerprint density at radius 3 is 2.95 bits per heavy atom. The van der Waals surface area contributed by atoms with E-state index in [9.17, 15) is 4.79 Å². The molecule has 1 amide bonds. The van der Waals surface area contributed by atoms with Gasteiger partial charge in [0, 0.05) is 12.5 Å². The number of carbonyl (C=O) groups excluding carboxylic acids is 1. The Hall–Kier alpha value is -1.46. The summed E-state index contributed by atoms with van der Waals surface area (Å²) in [6, 6.07) is 8.22. The highest BCUT2D eigenvalue weighted by molar-refractivity contribution is 7.18. The van der Waals surface area contributed by atoms with Crippen LogP contribution in [0.5, 0.6) is 0 Å². The summed E-state index contributed by atoms with van der Waals surface area (Å²) in [4.78, 5) is 16.2. The monoisotopic (exact) mass is 277 g/mol. The Bertz CT molecular complexity index is 519. The molecule has 0 spiro atoms. The second-order valence-corrected chi connectivity index (χ2v) is 5.63. The minimum Gasteiger partial charge on any atom is -0.350 e. The highest BCUT2D eigenvalue weighted by atomic mass is 32.1. The van der Waals surface area contributed by atoms with Gasteiger partial charge in [-0.1, -0.05) is 19.1 Å². The predicted octanol–water partition coefficient (Wildman–Crippen LogP) is 2.30. The Labute approximate surface area is 117 Å². The number of para-hydroxylation sites is 1. The minimum absolute atomic E-state index is 0.0627. The molecule has 1 aromatic carbocycles. The van der Waals surface area contributed by atoms with Gasteiger partial charge >= 0.3 is 0 Å². The lowest BCUT2D eigenvalue weighted by Crippen LogP contribution is -2.33. The Balaban J connectivity index is 1.86. The van der Waals surface area contributed by atoms with Crippen LogP contribution in [0.2, 0.25) is 0 Å². The maximum Gasteiger partial charge on any atom is 0.221 e. The zero-order valence-electron chi connectivity index (χ0n) is 11.3. The van der Waals surface area contributed by atoms with Crippen molar-refractivity contribution >= 4 is 27.5 Å². The van der Waals surface area contributed by atoms with Crippen LogP contribution in [-0.4, -0.2) is 23.5 Å². The average molecular weight is 277 g/mol. The molecule has 1 heterocycles. The van der Waals surface area contributed by atoms with Crippen LogP contribution in [0, 0.1) is 0 Å². The molecule has 102 valence electrons. The van der Waals surface area contributed by atoms with Crippen LogP contribution in [0.3, 0.4) is 0 Å². The predicted molar refractivity (Wildman–Crippen MR) is 79.2 cm³/mol. The molecule has 4 nitrogen and oxygen atoms in total. The van der Waals surface area contributed by atoms with Crippen LogP contribution in [-0.2, 0) is 11.3 Å². The van der Waals surface area contributed by atoms with E-state index in [1.54, 1.807) is 11.3 Å². The Kier molecular flexibility index (Phi) is 4.87. The molecule has 2 aromatic rings. The maximum absolute atomic E-state index is 11.7. The number of nitrogens with one attached hydrogen (secondary N) is 2. The van der Waals surface area contributed by atoms with Crippen molar-refractivity contribution in [1.82, 2.24) is 15.6 Å². The number of amides is 1. The van der Waals surface area contributed by atoms with Crippen LogP contribution in [0.15, 0.2) is 24.3 Å². The van der Waals surface area contributed by atoms with Crippen molar-refractivity contribution in [2.75, 3.05) is 6.54 Å². The molecule has 1 aromatic heterocycles. The number of aromatic nitrogens is 1. The normalized spacial score (nSPS) is 12.5. The summed E-state index contributed by atoms with van der Waals surface area (Å²) >= 11 is 1.63. The second-order valence-electron chi connectivity index (χ2n) is 4.51. The fourth-order valence-corrected chi connectivity index (χ4v) is 2.85. The fraction of sp³-hybridized carbons (Fsp3) is 0.429. The molecule has 0 aliphatic heterocycles. The number of fused-ring (bicyclic) bond motifs is 1. The van der Waals surface area contributed by atoms with Gasteiger partial charge in [-0.05, 0) is 25.6 Å². The van der Waals surface area contributed by atoms with Crippen molar-refractivity contribution in [3.8, 4) is 0 Å². The van der Waals surface area contributed by atoms with Crippen LogP contribution >= 0.6 is 11.3 Å². The van der Waals surface area contributed by atoms with Crippen molar-refractivity contribution in [2.24, 2.45) is 0 Å². The van der Waals surface area contributed by atoms with E-state index in [-0.39, 0.29) is 11.9 Å². The molecule has 0 aliphatic carbocycles. The van der Waals surface area contributed by atoms with E-state index in [2.05, 4.69) is 15.6 Å². The van der Waals surface area contributed by atoms with E-state index in [1.807, 2.05) is 38.1 Å². The third-order valence-electron chi connectivity index (χ3n) is 2.82. The van der Waals surface area contributed by atoms with Gasteiger partial charge in [0.05, 0.1) is 16.8 Å². The lowest BCUT2D eigenvalue weighted by molar-refractivity contribution is -0.121. The number of nitrogens with zero attached hydrogens (tertiary/aromatic N) is 1. The zero-order valence-corrected chi connectivity index (χ0v) is 12.1. The first-order valence-corrected chi connectivity index (χ1v) is 7.35. The van der Waals surface area contributed by atoms with Gasteiger partial charge in [0.1, 0.15) is 5.01 Å². The highest BCUT2D eigenvalue weighted by Gasteiger charge is 2.09. The molecule has 2 rings (SSSR count). The van der Waals surface area contributed by atoms with Gasteiger partial charge in [-0.25, -0.2) is 4.98 Å². The molecule has 2 N–H and O–H groups in total. The van der Waals surface area contributed by atoms with Crippen LogP contribution in [0.1, 0.15) is 25.3 Å². The van der Waals surface area contributed by atoms with Crippen LogP contribution in [0.4, 0.5) is 0 Å². The van der Waals surface area contributed by atoms with Crippen LogP contribution in [0.25, 0.3) is 10.2 Å². The summed E-state index contributed by atoms with van der Waals surface area (Å²) in [6.45, 7) is 5.44.